The summed E-state index contributed by atoms with van der Waals surface area (Å²) in [6.45, 7) is 3.08. The second kappa shape index (κ2) is 7.25. The molecule has 2 N–H and O–H groups in total. The van der Waals surface area contributed by atoms with Gasteiger partial charge in [0.15, 0.2) is 0 Å². The molecule has 22 heavy (non-hydrogen) atoms. The first-order chi connectivity index (χ1) is 10.8. The normalized spacial score (nSPS) is 15.0. The van der Waals surface area contributed by atoms with Gasteiger partial charge in [-0.2, -0.15) is 4.98 Å². The van der Waals surface area contributed by atoms with Crippen molar-refractivity contribution in [2.24, 2.45) is 0 Å². The molecule has 3 rings (SSSR count). The monoisotopic (exact) mass is 296 g/mol. The van der Waals surface area contributed by atoms with E-state index in [2.05, 4.69) is 34.7 Å². The number of anilines is 2. The zero-order chi connectivity index (χ0) is 15.2. The summed E-state index contributed by atoms with van der Waals surface area (Å²) < 4.78 is 0. The molecular formula is C18H24N4. The molecule has 0 unspecified atom stereocenters. The topological polar surface area (TPSA) is 49.8 Å². The number of hydrogen-bond donors (Lipinski definition) is 2. The van der Waals surface area contributed by atoms with Gasteiger partial charge in [0.1, 0.15) is 5.82 Å². The van der Waals surface area contributed by atoms with Gasteiger partial charge in [0, 0.05) is 24.2 Å². The molecule has 1 saturated carbocycles. The number of benzene rings is 1. The standard InChI is InChI=1S/C18H24N4/c1-2-12-19-17-13-16(14-8-4-3-5-9-14)21-18(22-17)20-15-10-6-7-11-15/h3-5,8-9,13,15H,2,6-7,10-12H2,1H3,(H2,19,20,21,22). The number of aromatic nitrogens is 2. The van der Waals surface area contributed by atoms with Crippen molar-refractivity contribution in [1.29, 1.82) is 0 Å². The maximum atomic E-state index is 4.71. The molecule has 4 nitrogen and oxygen atoms in total. The molecule has 0 atom stereocenters. The lowest BCUT2D eigenvalue weighted by molar-refractivity contribution is 0.744. The fourth-order valence-corrected chi connectivity index (χ4v) is 2.86. The van der Waals surface area contributed by atoms with E-state index in [0.717, 1.165) is 36.0 Å². The Kier molecular flexibility index (Phi) is 4.88. The van der Waals surface area contributed by atoms with Crippen LogP contribution in [0.4, 0.5) is 11.8 Å². The maximum Gasteiger partial charge on any atom is 0.225 e. The third-order valence-corrected chi connectivity index (χ3v) is 4.04. The Bertz CT molecular complexity index is 591. The van der Waals surface area contributed by atoms with E-state index in [1.165, 1.54) is 25.7 Å². The van der Waals surface area contributed by atoms with Gasteiger partial charge in [0.25, 0.3) is 0 Å². The lowest BCUT2D eigenvalue weighted by Gasteiger charge is -2.14. The van der Waals surface area contributed by atoms with E-state index < -0.39 is 0 Å². The first-order valence-electron chi connectivity index (χ1n) is 8.30. The van der Waals surface area contributed by atoms with Crippen molar-refractivity contribution in [1.82, 2.24) is 9.97 Å². The molecule has 116 valence electrons. The number of nitrogens with zero attached hydrogens (tertiary/aromatic N) is 2. The first kappa shape index (κ1) is 14.8. The molecule has 4 heteroatoms. The molecule has 2 aromatic rings. The van der Waals surface area contributed by atoms with Gasteiger partial charge in [-0.3, -0.25) is 0 Å². The van der Waals surface area contributed by atoms with Crippen molar-refractivity contribution in [3.63, 3.8) is 0 Å². The summed E-state index contributed by atoms with van der Waals surface area (Å²) in [4.78, 5) is 9.34. The second-order valence-corrected chi connectivity index (χ2v) is 5.88. The fraction of sp³-hybridized carbons (Fsp3) is 0.444. The van der Waals surface area contributed by atoms with Crippen LogP contribution in [0, 0.1) is 0 Å². The van der Waals surface area contributed by atoms with Crippen molar-refractivity contribution in [3.8, 4) is 11.3 Å². The Hall–Kier alpha value is -2.10. The van der Waals surface area contributed by atoms with E-state index in [1.54, 1.807) is 0 Å². The van der Waals surface area contributed by atoms with Gasteiger partial charge in [-0.05, 0) is 19.3 Å². The minimum atomic E-state index is 0.519. The van der Waals surface area contributed by atoms with Crippen molar-refractivity contribution in [3.05, 3.63) is 36.4 Å². The van der Waals surface area contributed by atoms with Crippen LogP contribution in [0.15, 0.2) is 36.4 Å². The summed E-state index contributed by atoms with van der Waals surface area (Å²) >= 11 is 0. The highest BCUT2D eigenvalue weighted by Gasteiger charge is 2.16. The van der Waals surface area contributed by atoms with Crippen LogP contribution in [0.3, 0.4) is 0 Å². The van der Waals surface area contributed by atoms with E-state index in [-0.39, 0.29) is 0 Å². The molecule has 1 fully saturated rings. The molecule has 1 aromatic heterocycles. The second-order valence-electron chi connectivity index (χ2n) is 5.88. The first-order valence-corrected chi connectivity index (χ1v) is 8.30. The third-order valence-electron chi connectivity index (χ3n) is 4.04. The highest BCUT2D eigenvalue weighted by atomic mass is 15.2. The molecule has 0 bridgehead atoms. The number of hydrogen-bond acceptors (Lipinski definition) is 4. The van der Waals surface area contributed by atoms with Crippen LogP contribution in [-0.2, 0) is 0 Å². The van der Waals surface area contributed by atoms with E-state index >= 15 is 0 Å². The lowest BCUT2D eigenvalue weighted by Crippen LogP contribution is -2.17. The quantitative estimate of drug-likeness (QED) is 0.833. The van der Waals surface area contributed by atoms with E-state index in [1.807, 2.05) is 24.3 Å². The molecule has 1 aromatic carbocycles. The van der Waals surface area contributed by atoms with E-state index in [4.69, 9.17) is 4.98 Å². The van der Waals surface area contributed by atoms with E-state index in [9.17, 15) is 0 Å². The van der Waals surface area contributed by atoms with Gasteiger partial charge in [0.2, 0.25) is 5.95 Å². The highest BCUT2D eigenvalue weighted by molar-refractivity contribution is 5.64. The van der Waals surface area contributed by atoms with E-state index in [0.29, 0.717) is 6.04 Å². The lowest BCUT2D eigenvalue weighted by atomic mass is 10.1. The SMILES string of the molecule is CCCNc1cc(-c2ccccc2)nc(NC2CCCC2)n1. The molecule has 1 aliphatic carbocycles. The van der Waals surface area contributed by atoms with Crippen LogP contribution in [0.2, 0.25) is 0 Å². The van der Waals surface area contributed by atoms with Gasteiger partial charge in [-0.25, -0.2) is 4.98 Å². The third kappa shape index (κ3) is 3.75. The zero-order valence-electron chi connectivity index (χ0n) is 13.2. The highest BCUT2D eigenvalue weighted by Crippen LogP contribution is 2.24. The van der Waals surface area contributed by atoms with Crippen molar-refractivity contribution < 1.29 is 0 Å². The summed E-state index contributed by atoms with van der Waals surface area (Å²) in [7, 11) is 0. The minimum Gasteiger partial charge on any atom is -0.370 e. The fourth-order valence-electron chi connectivity index (χ4n) is 2.86. The zero-order valence-corrected chi connectivity index (χ0v) is 13.2. The smallest absolute Gasteiger partial charge is 0.225 e. The molecule has 0 spiro atoms. The molecular weight excluding hydrogens is 272 g/mol. The Morgan fingerprint density at radius 1 is 1.09 bits per heavy atom. The maximum absolute atomic E-state index is 4.71. The van der Waals surface area contributed by atoms with Crippen LogP contribution in [-0.4, -0.2) is 22.6 Å². The number of nitrogens with one attached hydrogen (secondary N) is 2. The minimum absolute atomic E-state index is 0.519. The predicted octanol–water partition coefficient (Wildman–Crippen LogP) is 4.32. The number of rotatable bonds is 6. The van der Waals surface area contributed by atoms with Crippen molar-refractivity contribution in [2.45, 2.75) is 45.1 Å². The van der Waals surface area contributed by atoms with Crippen LogP contribution in [0.25, 0.3) is 11.3 Å². The molecule has 0 radical (unpaired) electrons. The summed E-state index contributed by atoms with van der Waals surface area (Å²) in [6, 6.07) is 12.8. The summed E-state index contributed by atoms with van der Waals surface area (Å²) in [6.07, 6.45) is 6.12. The average Bonchev–Trinajstić information content (AvgIpc) is 3.06. The van der Waals surface area contributed by atoms with Crippen molar-refractivity contribution in [2.75, 3.05) is 17.2 Å². The Labute approximate surface area is 132 Å². The van der Waals surface area contributed by atoms with Gasteiger partial charge in [-0.1, -0.05) is 50.1 Å². The van der Waals surface area contributed by atoms with Gasteiger partial charge in [-0.15, -0.1) is 0 Å². The van der Waals surface area contributed by atoms with Crippen LogP contribution in [0.5, 0.6) is 0 Å². The molecule has 0 aliphatic heterocycles. The molecule has 1 aliphatic rings. The summed E-state index contributed by atoms with van der Waals surface area (Å²) in [5, 5.41) is 6.88. The van der Waals surface area contributed by atoms with Gasteiger partial charge in [0.05, 0.1) is 5.69 Å². The largest absolute Gasteiger partial charge is 0.370 e. The van der Waals surface area contributed by atoms with Crippen LogP contribution >= 0.6 is 0 Å². The summed E-state index contributed by atoms with van der Waals surface area (Å²) in [5.41, 5.74) is 2.09. The Morgan fingerprint density at radius 3 is 2.59 bits per heavy atom. The average molecular weight is 296 g/mol. The van der Waals surface area contributed by atoms with Gasteiger partial charge < -0.3 is 10.6 Å². The van der Waals surface area contributed by atoms with Crippen LogP contribution in [0.1, 0.15) is 39.0 Å². The predicted molar refractivity (Wildman–Crippen MR) is 92.1 cm³/mol. The van der Waals surface area contributed by atoms with Gasteiger partial charge >= 0.3 is 0 Å². The Balaban J connectivity index is 1.87. The van der Waals surface area contributed by atoms with Crippen LogP contribution < -0.4 is 10.6 Å². The molecule has 1 heterocycles. The molecule has 0 amide bonds. The summed E-state index contributed by atoms with van der Waals surface area (Å²) in [5.74, 6) is 1.64. The Morgan fingerprint density at radius 2 is 1.86 bits per heavy atom. The molecule has 0 saturated heterocycles. The van der Waals surface area contributed by atoms with Crippen molar-refractivity contribution >= 4 is 11.8 Å².